The molecule has 2 aromatic heterocycles. The highest BCUT2D eigenvalue weighted by Gasteiger charge is 2.11. The topological polar surface area (TPSA) is 80.2 Å². The molecule has 1 aromatic carbocycles. The van der Waals surface area contributed by atoms with Crippen LogP contribution < -0.4 is 10.1 Å². The Labute approximate surface area is 127 Å². The number of ether oxygens (including phenoxy) is 1. The van der Waals surface area contributed by atoms with Gasteiger partial charge in [0.05, 0.1) is 6.20 Å². The average Bonchev–Trinajstić information content (AvgIpc) is 3.20. The second-order valence-corrected chi connectivity index (χ2v) is 4.65. The number of para-hydroxylation sites is 1. The molecule has 2 heterocycles. The van der Waals surface area contributed by atoms with Crippen molar-refractivity contribution < 1.29 is 13.9 Å². The van der Waals surface area contributed by atoms with Crippen LogP contribution in [0.15, 0.2) is 59.3 Å². The number of nitrogens with one attached hydrogen (secondary N) is 2. The van der Waals surface area contributed by atoms with Gasteiger partial charge in [-0.2, -0.15) is 5.10 Å². The Kier molecular flexibility index (Phi) is 4.20. The minimum atomic E-state index is -0.272. The largest absolute Gasteiger partial charge is 0.426 e. The number of furan rings is 1. The lowest BCUT2D eigenvalue weighted by Gasteiger charge is -2.02. The van der Waals surface area contributed by atoms with Crippen molar-refractivity contribution in [2.24, 2.45) is 0 Å². The van der Waals surface area contributed by atoms with E-state index in [1.54, 1.807) is 24.5 Å². The van der Waals surface area contributed by atoms with Gasteiger partial charge in [0.25, 0.3) is 11.9 Å². The molecule has 2 N–H and O–H groups in total. The highest BCUT2D eigenvalue weighted by molar-refractivity contribution is 5.91. The molecule has 6 nitrogen and oxygen atoms in total. The lowest BCUT2D eigenvalue weighted by atomic mass is 10.2. The van der Waals surface area contributed by atoms with Crippen LogP contribution in [0.4, 0.5) is 0 Å². The molecule has 0 aliphatic carbocycles. The Balaban J connectivity index is 1.53. The fraction of sp³-hybridized carbons (Fsp3) is 0.125. The molecule has 1 amide bonds. The van der Waals surface area contributed by atoms with Crippen LogP contribution in [0.2, 0.25) is 0 Å². The zero-order chi connectivity index (χ0) is 15.2. The third-order valence-corrected chi connectivity index (χ3v) is 3.02. The van der Waals surface area contributed by atoms with Gasteiger partial charge in [-0.3, -0.25) is 9.89 Å². The molecule has 6 heteroatoms. The number of amides is 1. The molecule has 3 aromatic rings. The Morgan fingerprint density at radius 1 is 1.23 bits per heavy atom. The van der Waals surface area contributed by atoms with Crippen LogP contribution in [0, 0.1) is 0 Å². The smallest absolute Gasteiger partial charge is 0.290 e. The van der Waals surface area contributed by atoms with Crippen molar-refractivity contribution in [1.29, 1.82) is 0 Å². The number of carbonyl (C=O) groups excluding carboxylic acids is 1. The molecule has 3 rings (SSSR count). The minimum absolute atomic E-state index is 0.220. The van der Waals surface area contributed by atoms with Crippen molar-refractivity contribution in [3.8, 4) is 11.7 Å². The average molecular weight is 297 g/mol. The van der Waals surface area contributed by atoms with E-state index >= 15 is 0 Å². The van der Waals surface area contributed by atoms with E-state index in [-0.39, 0.29) is 17.6 Å². The summed E-state index contributed by atoms with van der Waals surface area (Å²) in [7, 11) is 0. The van der Waals surface area contributed by atoms with Crippen LogP contribution in [-0.4, -0.2) is 22.6 Å². The van der Waals surface area contributed by atoms with Crippen molar-refractivity contribution in [2.75, 3.05) is 6.54 Å². The molecule has 112 valence electrons. The quantitative estimate of drug-likeness (QED) is 0.733. The fourth-order valence-electron chi connectivity index (χ4n) is 1.92. The summed E-state index contributed by atoms with van der Waals surface area (Å²) in [5.74, 6) is 0.888. The molecule has 0 unspecified atom stereocenters. The van der Waals surface area contributed by atoms with Crippen LogP contribution in [0.25, 0.3) is 0 Å². The van der Waals surface area contributed by atoms with Gasteiger partial charge in [-0.1, -0.05) is 18.2 Å². The Bertz CT molecular complexity index is 720. The van der Waals surface area contributed by atoms with Crippen LogP contribution in [-0.2, 0) is 6.42 Å². The number of H-pyrrole nitrogens is 1. The number of benzene rings is 1. The first-order chi connectivity index (χ1) is 10.8. The molecule has 0 aliphatic heterocycles. The number of aromatic nitrogens is 2. The van der Waals surface area contributed by atoms with Crippen molar-refractivity contribution in [2.45, 2.75) is 6.42 Å². The maximum Gasteiger partial charge on any atom is 0.290 e. The van der Waals surface area contributed by atoms with Crippen LogP contribution in [0.3, 0.4) is 0 Å². The number of carbonyl (C=O) groups is 1. The summed E-state index contributed by atoms with van der Waals surface area (Å²) in [6, 6.07) is 12.5. The second kappa shape index (κ2) is 6.62. The zero-order valence-electron chi connectivity index (χ0n) is 11.8. The molecule has 0 spiro atoms. The zero-order valence-corrected chi connectivity index (χ0v) is 11.8. The van der Waals surface area contributed by atoms with E-state index < -0.39 is 0 Å². The van der Waals surface area contributed by atoms with Gasteiger partial charge in [0.1, 0.15) is 5.75 Å². The summed E-state index contributed by atoms with van der Waals surface area (Å²) in [5.41, 5.74) is 1.04. The molecule has 22 heavy (non-hydrogen) atoms. The SMILES string of the molecule is O=C(NCCc1cn[nH]c1)c1ccc(Oc2ccccc2)o1. The van der Waals surface area contributed by atoms with E-state index in [2.05, 4.69) is 15.5 Å². The van der Waals surface area contributed by atoms with Gasteiger partial charge in [-0.05, 0) is 30.2 Å². The van der Waals surface area contributed by atoms with E-state index in [0.29, 0.717) is 18.7 Å². The number of nitrogens with zero attached hydrogens (tertiary/aromatic N) is 1. The molecule has 0 bridgehead atoms. The summed E-state index contributed by atoms with van der Waals surface area (Å²) in [6.07, 6.45) is 4.23. The Hall–Kier alpha value is -3.02. The van der Waals surface area contributed by atoms with Crippen LogP contribution in [0.5, 0.6) is 11.7 Å². The summed E-state index contributed by atoms with van der Waals surface area (Å²) in [5, 5.41) is 9.36. The number of rotatable bonds is 6. The van der Waals surface area contributed by atoms with Crippen LogP contribution >= 0.6 is 0 Å². The number of hydrogen-bond donors (Lipinski definition) is 2. The Morgan fingerprint density at radius 3 is 2.86 bits per heavy atom. The first-order valence-electron chi connectivity index (χ1n) is 6.90. The lowest BCUT2D eigenvalue weighted by Crippen LogP contribution is -2.25. The summed E-state index contributed by atoms with van der Waals surface area (Å²) >= 11 is 0. The van der Waals surface area contributed by atoms with E-state index in [4.69, 9.17) is 9.15 Å². The normalized spacial score (nSPS) is 10.4. The Morgan fingerprint density at radius 2 is 2.09 bits per heavy atom. The van der Waals surface area contributed by atoms with Gasteiger partial charge < -0.3 is 14.5 Å². The fourth-order valence-corrected chi connectivity index (χ4v) is 1.92. The van der Waals surface area contributed by atoms with Gasteiger partial charge >= 0.3 is 0 Å². The monoisotopic (exact) mass is 297 g/mol. The molecular formula is C16H15N3O3. The maximum atomic E-state index is 12.0. The van der Waals surface area contributed by atoms with Crippen molar-refractivity contribution in [3.05, 3.63) is 66.2 Å². The highest BCUT2D eigenvalue weighted by Crippen LogP contribution is 2.23. The lowest BCUT2D eigenvalue weighted by molar-refractivity contribution is 0.0921. The van der Waals surface area contributed by atoms with Crippen LogP contribution in [0.1, 0.15) is 16.1 Å². The predicted octanol–water partition coefficient (Wildman–Crippen LogP) is 2.77. The number of aromatic amines is 1. The van der Waals surface area contributed by atoms with Gasteiger partial charge in [0, 0.05) is 18.8 Å². The van der Waals surface area contributed by atoms with Crippen molar-refractivity contribution >= 4 is 5.91 Å². The summed E-state index contributed by atoms with van der Waals surface area (Å²) in [6.45, 7) is 0.508. The van der Waals surface area contributed by atoms with E-state index in [0.717, 1.165) is 5.56 Å². The molecule has 0 saturated carbocycles. The standard InChI is InChI=1S/C16H15N3O3/c20-16(17-9-8-12-10-18-19-11-12)14-6-7-15(22-14)21-13-4-2-1-3-5-13/h1-7,10-11H,8-9H2,(H,17,20)(H,18,19). The maximum absolute atomic E-state index is 12.0. The first-order valence-corrected chi connectivity index (χ1v) is 6.90. The van der Waals surface area contributed by atoms with Crippen molar-refractivity contribution in [3.63, 3.8) is 0 Å². The predicted molar refractivity (Wildman–Crippen MR) is 79.8 cm³/mol. The van der Waals surface area contributed by atoms with Crippen molar-refractivity contribution in [1.82, 2.24) is 15.5 Å². The molecule has 0 radical (unpaired) electrons. The summed E-state index contributed by atoms with van der Waals surface area (Å²) in [4.78, 5) is 12.0. The van der Waals surface area contributed by atoms with E-state index in [1.165, 1.54) is 0 Å². The molecule has 0 atom stereocenters. The van der Waals surface area contributed by atoms with E-state index in [1.807, 2.05) is 30.3 Å². The highest BCUT2D eigenvalue weighted by atomic mass is 16.6. The molecular weight excluding hydrogens is 282 g/mol. The molecule has 0 aliphatic rings. The van der Waals surface area contributed by atoms with E-state index in [9.17, 15) is 4.79 Å². The second-order valence-electron chi connectivity index (χ2n) is 4.65. The minimum Gasteiger partial charge on any atom is -0.426 e. The summed E-state index contributed by atoms with van der Waals surface area (Å²) < 4.78 is 10.9. The molecule has 0 fully saturated rings. The van der Waals surface area contributed by atoms with Gasteiger partial charge in [0.15, 0.2) is 5.76 Å². The first kappa shape index (κ1) is 13.9. The molecule has 0 saturated heterocycles. The third kappa shape index (κ3) is 3.54. The van der Waals surface area contributed by atoms with Gasteiger partial charge in [-0.15, -0.1) is 0 Å². The number of hydrogen-bond acceptors (Lipinski definition) is 4. The van der Waals surface area contributed by atoms with Gasteiger partial charge in [0.2, 0.25) is 0 Å². The van der Waals surface area contributed by atoms with Gasteiger partial charge in [-0.25, -0.2) is 0 Å². The third-order valence-electron chi connectivity index (χ3n) is 3.02.